The van der Waals surface area contributed by atoms with E-state index in [2.05, 4.69) is 45.8 Å². The second-order valence-corrected chi connectivity index (χ2v) is 6.67. The molecule has 1 aliphatic rings. The zero-order chi connectivity index (χ0) is 16.8. The molecule has 1 atom stereocenters. The van der Waals surface area contributed by atoms with E-state index in [9.17, 15) is 0 Å². The molecule has 5 nitrogen and oxygen atoms in total. The lowest BCUT2D eigenvalue weighted by Gasteiger charge is -2.13. The highest BCUT2D eigenvalue weighted by atomic mass is 32.2. The monoisotopic (exact) mass is 345 g/mol. The number of benzene rings is 1. The first-order chi connectivity index (χ1) is 11.8. The molecular weight excluding hydrogens is 322 g/mol. The number of ether oxygens (including phenoxy) is 2. The summed E-state index contributed by atoms with van der Waals surface area (Å²) in [5.41, 5.74) is 2.26. The van der Waals surface area contributed by atoms with Crippen molar-refractivity contribution in [3.63, 3.8) is 0 Å². The maximum atomic E-state index is 5.49. The number of methoxy groups -OCH3 is 1. The molecule has 1 fully saturated rings. The maximum Gasteiger partial charge on any atom is 0.156 e. The summed E-state index contributed by atoms with van der Waals surface area (Å²) < 4.78 is 10.7. The Bertz CT molecular complexity index is 658. The standard InChI is InChI=1S/C18H23N3O2S/c1-22-12-18-20-16(14-7-8-23-11-14)9-17(21-18)19-10-13-3-5-15(24-2)6-4-13/h3-6,9,14H,7-8,10-12H2,1-2H3,(H,19,20,21). The summed E-state index contributed by atoms with van der Waals surface area (Å²) in [4.78, 5) is 10.4. The Kier molecular flexibility index (Phi) is 6.07. The van der Waals surface area contributed by atoms with Gasteiger partial charge in [-0.1, -0.05) is 12.1 Å². The summed E-state index contributed by atoms with van der Waals surface area (Å²) in [6, 6.07) is 10.6. The van der Waals surface area contributed by atoms with E-state index in [1.54, 1.807) is 18.9 Å². The molecule has 0 amide bonds. The van der Waals surface area contributed by atoms with Crippen molar-refractivity contribution in [3.8, 4) is 0 Å². The Labute approximate surface area is 147 Å². The molecule has 0 radical (unpaired) electrons. The minimum Gasteiger partial charge on any atom is -0.381 e. The summed E-state index contributed by atoms with van der Waals surface area (Å²) in [6.07, 6.45) is 3.10. The number of nitrogens with zero attached hydrogens (tertiary/aromatic N) is 2. The number of anilines is 1. The van der Waals surface area contributed by atoms with Gasteiger partial charge in [0, 0.05) is 37.1 Å². The second-order valence-electron chi connectivity index (χ2n) is 5.79. The lowest BCUT2D eigenvalue weighted by molar-refractivity contribution is 0.177. The molecule has 0 bridgehead atoms. The number of hydrogen-bond acceptors (Lipinski definition) is 6. The molecular formula is C18H23N3O2S. The molecule has 1 aliphatic heterocycles. The smallest absolute Gasteiger partial charge is 0.156 e. The summed E-state index contributed by atoms with van der Waals surface area (Å²) in [5, 5.41) is 3.41. The first-order valence-electron chi connectivity index (χ1n) is 8.10. The van der Waals surface area contributed by atoms with Gasteiger partial charge in [0.1, 0.15) is 12.4 Å². The van der Waals surface area contributed by atoms with Crippen molar-refractivity contribution < 1.29 is 9.47 Å². The van der Waals surface area contributed by atoms with Crippen LogP contribution in [-0.4, -0.2) is 36.5 Å². The van der Waals surface area contributed by atoms with Crippen molar-refractivity contribution in [1.82, 2.24) is 9.97 Å². The highest BCUT2D eigenvalue weighted by Crippen LogP contribution is 2.25. The van der Waals surface area contributed by atoms with Gasteiger partial charge < -0.3 is 14.8 Å². The quantitative estimate of drug-likeness (QED) is 0.776. The summed E-state index contributed by atoms with van der Waals surface area (Å²) in [5.74, 6) is 1.90. The molecule has 2 aromatic rings. The molecule has 6 heteroatoms. The maximum absolute atomic E-state index is 5.49. The fourth-order valence-corrected chi connectivity index (χ4v) is 3.12. The van der Waals surface area contributed by atoms with Crippen molar-refractivity contribution in [2.45, 2.75) is 30.4 Å². The van der Waals surface area contributed by atoms with Gasteiger partial charge in [0.05, 0.1) is 12.3 Å². The van der Waals surface area contributed by atoms with Gasteiger partial charge in [-0.3, -0.25) is 0 Å². The fraction of sp³-hybridized carbons (Fsp3) is 0.444. The van der Waals surface area contributed by atoms with Crippen LogP contribution < -0.4 is 5.32 Å². The fourth-order valence-electron chi connectivity index (χ4n) is 2.71. The lowest BCUT2D eigenvalue weighted by Crippen LogP contribution is -2.10. The molecule has 2 heterocycles. The first-order valence-corrected chi connectivity index (χ1v) is 9.32. The summed E-state index contributed by atoms with van der Waals surface area (Å²) in [7, 11) is 1.66. The van der Waals surface area contributed by atoms with Crippen molar-refractivity contribution in [1.29, 1.82) is 0 Å². The SMILES string of the molecule is COCc1nc(NCc2ccc(SC)cc2)cc(C2CCOC2)n1. The normalized spacial score (nSPS) is 17.2. The van der Waals surface area contributed by atoms with E-state index in [-0.39, 0.29) is 0 Å². The first kappa shape index (κ1) is 17.2. The van der Waals surface area contributed by atoms with Crippen LogP contribution in [-0.2, 0) is 22.6 Å². The second kappa shape index (κ2) is 8.46. The van der Waals surface area contributed by atoms with Crippen LogP contribution in [0, 0.1) is 0 Å². The molecule has 1 N–H and O–H groups in total. The summed E-state index contributed by atoms with van der Waals surface area (Å²) >= 11 is 1.75. The topological polar surface area (TPSA) is 56.3 Å². The van der Waals surface area contributed by atoms with E-state index >= 15 is 0 Å². The predicted octanol–water partition coefficient (Wildman–Crippen LogP) is 3.46. The Hall–Kier alpha value is -1.63. The van der Waals surface area contributed by atoms with Crippen LogP contribution in [0.25, 0.3) is 0 Å². The van der Waals surface area contributed by atoms with Crippen LogP contribution in [0.1, 0.15) is 29.4 Å². The highest BCUT2D eigenvalue weighted by Gasteiger charge is 2.20. The number of thioether (sulfide) groups is 1. The third-order valence-corrected chi connectivity index (χ3v) is 4.79. The molecule has 1 aromatic heterocycles. The third-order valence-electron chi connectivity index (χ3n) is 4.05. The van der Waals surface area contributed by atoms with E-state index in [1.807, 2.05) is 6.07 Å². The molecule has 1 aromatic carbocycles. The van der Waals surface area contributed by atoms with E-state index in [1.165, 1.54) is 10.5 Å². The Balaban J connectivity index is 1.72. The number of nitrogens with one attached hydrogen (secondary N) is 1. The lowest BCUT2D eigenvalue weighted by atomic mass is 10.0. The zero-order valence-electron chi connectivity index (χ0n) is 14.1. The Morgan fingerprint density at radius 3 is 2.79 bits per heavy atom. The summed E-state index contributed by atoms with van der Waals surface area (Å²) in [6.45, 7) is 2.69. The number of aromatic nitrogens is 2. The largest absolute Gasteiger partial charge is 0.381 e. The van der Waals surface area contributed by atoms with Crippen molar-refractivity contribution in [2.24, 2.45) is 0 Å². The van der Waals surface area contributed by atoms with Gasteiger partial charge in [0.2, 0.25) is 0 Å². The van der Waals surface area contributed by atoms with Gasteiger partial charge in [0.15, 0.2) is 5.82 Å². The van der Waals surface area contributed by atoms with Gasteiger partial charge in [-0.25, -0.2) is 9.97 Å². The molecule has 1 saturated heterocycles. The van der Waals surface area contributed by atoms with Crippen LogP contribution in [0.15, 0.2) is 35.2 Å². The third kappa shape index (κ3) is 4.47. The predicted molar refractivity (Wildman–Crippen MR) is 96.5 cm³/mol. The highest BCUT2D eigenvalue weighted by molar-refractivity contribution is 7.98. The van der Waals surface area contributed by atoms with Gasteiger partial charge in [0.25, 0.3) is 0 Å². The van der Waals surface area contributed by atoms with Crippen LogP contribution in [0.4, 0.5) is 5.82 Å². The Morgan fingerprint density at radius 1 is 1.29 bits per heavy atom. The minimum absolute atomic E-state index is 0.352. The molecule has 0 aliphatic carbocycles. The van der Waals surface area contributed by atoms with E-state index < -0.39 is 0 Å². The number of rotatable bonds is 7. The van der Waals surface area contributed by atoms with Crippen molar-refractivity contribution in [2.75, 3.05) is 31.9 Å². The van der Waals surface area contributed by atoms with Crippen molar-refractivity contribution in [3.05, 3.63) is 47.4 Å². The molecule has 1 unspecified atom stereocenters. The molecule has 0 saturated carbocycles. The average Bonchev–Trinajstić information content (AvgIpc) is 3.15. The molecule has 3 rings (SSSR count). The molecule has 24 heavy (non-hydrogen) atoms. The average molecular weight is 345 g/mol. The van der Waals surface area contributed by atoms with Crippen LogP contribution in [0.5, 0.6) is 0 Å². The van der Waals surface area contributed by atoms with Crippen LogP contribution >= 0.6 is 11.8 Å². The molecule has 128 valence electrons. The van der Waals surface area contributed by atoms with E-state index in [0.29, 0.717) is 18.3 Å². The van der Waals surface area contributed by atoms with Gasteiger partial charge in [-0.05, 0) is 30.4 Å². The van der Waals surface area contributed by atoms with Gasteiger partial charge >= 0.3 is 0 Å². The van der Waals surface area contributed by atoms with Gasteiger partial charge in [-0.15, -0.1) is 11.8 Å². The zero-order valence-corrected chi connectivity index (χ0v) is 14.9. The van der Waals surface area contributed by atoms with E-state index in [0.717, 1.165) is 37.7 Å². The van der Waals surface area contributed by atoms with Crippen molar-refractivity contribution >= 4 is 17.6 Å². The van der Waals surface area contributed by atoms with Crippen LogP contribution in [0.2, 0.25) is 0 Å². The van der Waals surface area contributed by atoms with Crippen LogP contribution in [0.3, 0.4) is 0 Å². The number of hydrogen-bond donors (Lipinski definition) is 1. The minimum atomic E-state index is 0.352. The van der Waals surface area contributed by atoms with Gasteiger partial charge in [-0.2, -0.15) is 0 Å². The molecule has 0 spiro atoms. The Morgan fingerprint density at radius 2 is 2.12 bits per heavy atom. The van der Waals surface area contributed by atoms with E-state index in [4.69, 9.17) is 9.47 Å².